The van der Waals surface area contributed by atoms with Crippen LogP contribution < -0.4 is 0 Å². The molecular weight excluding hydrogens is 314 g/mol. The highest BCUT2D eigenvalue weighted by Crippen LogP contribution is 2.35. The van der Waals surface area contributed by atoms with E-state index in [0.717, 1.165) is 0 Å². The number of hydrogen-bond donors (Lipinski definition) is 1. The van der Waals surface area contributed by atoms with Crippen molar-refractivity contribution in [3.8, 4) is 0 Å². The molecule has 1 atom stereocenters. The van der Waals surface area contributed by atoms with E-state index in [4.69, 9.17) is 0 Å². The number of carboxylic acids is 1. The summed E-state index contributed by atoms with van der Waals surface area (Å²) in [6.45, 7) is 5.23. The fourth-order valence-corrected chi connectivity index (χ4v) is 2.13. The normalized spacial score (nSPS) is 14.2. The maximum absolute atomic E-state index is 11.4. The maximum atomic E-state index is 11.4. The number of hydrogen-bond acceptors (Lipinski definition) is 3. The number of rotatable bonds is 5. The fraction of sp³-hybridized carbons (Fsp3) is 0.462. The van der Waals surface area contributed by atoms with E-state index in [1.807, 2.05) is 0 Å². The summed E-state index contributed by atoms with van der Waals surface area (Å²) in [5.41, 5.74) is -0.646. The third kappa shape index (κ3) is 3.32. The van der Waals surface area contributed by atoms with Crippen LogP contribution in [0.15, 0.2) is 22.7 Å². The molecule has 1 N–H and O–H groups in total. The van der Waals surface area contributed by atoms with Crippen molar-refractivity contribution >= 4 is 27.6 Å². The van der Waals surface area contributed by atoms with Crippen LogP contribution in [0.25, 0.3) is 0 Å². The maximum Gasteiger partial charge on any atom is 0.309 e. The molecule has 0 saturated heterocycles. The predicted molar refractivity (Wildman–Crippen MR) is 75.1 cm³/mol. The molecule has 5 nitrogen and oxygen atoms in total. The van der Waals surface area contributed by atoms with Crippen LogP contribution in [-0.2, 0) is 11.2 Å². The summed E-state index contributed by atoms with van der Waals surface area (Å²) < 4.78 is 0.601. The summed E-state index contributed by atoms with van der Waals surface area (Å²) in [5.74, 6) is -1.08. The lowest BCUT2D eigenvalue weighted by atomic mass is 9.74. The number of benzene rings is 1. The minimum atomic E-state index is -1.03. The molecule has 0 heterocycles. The van der Waals surface area contributed by atoms with E-state index >= 15 is 0 Å². The average Bonchev–Trinajstić information content (AvgIpc) is 2.30. The minimum absolute atomic E-state index is 0.0532. The van der Waals surface area contributed by atoms with Crippen LogP contribution in [0.5, 0.6) is 0 Å². The second kappa shape index (κ2) is 5.69. The van der Waals surface area contributed by atoms with Crippen LogP contribution in [0, 0.1) is 21.4 Å². The molecule has 0 amide bonds. The molecule has 1 rings (SSSR count). The molecule has 0 radical (unpaired) electrons. The number of nitro groups is 1. The highest BCUT2D eigenvalue weighted by molar-refractivity contribution is 9.10. The van der Waals surface area contributed by atoms with Crippen molar-refractivity contribution in [3.05, 3.63) is 38.3 Å². The Morgan fingerprint density at radius 2 is 2.11 bits per heavy atom. The highest BCUT2D eigenvalue weighted by Gasteiger charge is 2.38. The molecule has 6 heteroatoms. The van der Waals surface area contributed by atoms with Crippen molar-refractivity contribution in [2.24, 2.45) is 11.3 Å². The van der Waals surface area contributed by atoms with Gasteiger partial charge in [0.05, 0.1) is 10.3 Å². The van der Waals surface area contributed by atoms with Crippen molar-refractivity contribution in [3.63, 3.8) is 0 Å². The Kier molecular flexibility index (Phi) is 4.68. The molecular formula is C13H16BrNO4. The van der Waals surface area contributed by atoms with E-state index in [-0.39, 0.29) is 18.0 Å². The standard InChI is InChI=1S/C13H16BrNO4/c1-8(2)13(3,12(16)17)7-9-4-5-10(14)6-11(9)15(18)19/h4-6,8H,7H2,1-3H3,(H,16,17). The van der Waals surface area contributed by atoms with Gasteiger partial charge in [-0.2, -0.15) is 0 Å². The first-order valence-electron chi connectivity index (χ1n) is 5.84. The molecule has 0 aliphatic carbocycles. The monoisotopic (exact) mass is 329 g/mol. The summed E-state index contributed by atoms with van der Waals surface area (Å²) in [5, 5.41) is 20.4. The largest absolute Gasteiger partial charge is 0.481 e. The van der Waals surface area contributed by atoms with Crippen molar-refractivity contribution in [1.29, 1.82) is 0 Å². The van der Waals surface area contributed by atoms with Gasteiger partial charge in [0.2, 0.25) is 0 Å². The van der Waals surface area contributed by atoms with Crippen LogP contribution in [0.1, 0.15) is 26.3 Å². The van der Waals surface area contributed by atoms with Gasteiger partial charge in [-0.3, -0.25) is 14.9 Å². The van der Waals surface area contributed by atoms with Crippen molar-refractivity contribution in [1.82, 2.24) is 0 Å². The van der Waals surface area contributed by atoms with Crippen molar-refractivity contribution in [2.45, 2.75) is 27.2 Å². The molecule has 19 heavy (non-hydrogen) atoms. The average molecular weight is 330 g/mol. The van der Waals surface area contributed by atoms with Gasteiger partial charge in [0.15, 0.2) is 0 Å². The van der Waals surface area contributed by atoms with Gasteiger partial charge in [-0.1, -0.05) is 35.8 Å². The topological polar surface area (TPSA) is 80.4 Å². The Morgan fingerprint density at radius 3 is 2.53 bits per heavy atom. The van der Waals surface area contributed by atoms with Crippen LogP contribution in [0.4, 0.5) is 5.69 Å². The fourth-order valence-electron chi connectivity index (χ4n) is 1.78. The van der Waals surface area contributed by atoms with E-state index in [1.54, 1.807) is 32.9 Å². The Bertz CT molecular complexity index is 515. The quantitative estimate of drug-likeness (QED) is 0.660. The lowest BCUT2D eigenvalue weighted by Crippen LogP contribution is -2.35. The summed E-state index contributed by atoms with van der Waals surface area (Å²) in [7, 11) is 0. The van der Waals surface area contributed by atoms with E-state index < -0.39 is 16.3 Å². The number of carboxylic acid groups (broad SMARTS) is 1. The second-order valence-electron chi connectivity index (χ2n) is 5.08. The molecule has 0 spiro atoms. The summed E-state index contributed by atoms with van der Waals surface area (Å²) in [6, 6.07) is 4.69. The zero-order chi connectivity index (χ0) is 14.8. The third-order valence-electron chi connectivity index (χ3n) is 3.56. The molecule has 0 aromatic heterocycles. The molecule has 1 aromatic rings. The molecule has 0 saturated carbocycles. The van der Waals surface area contributed by atoms with E-state index in [0.29, 0.717) is 10.0 Å². The van der Waals surface area contributed by atoms with Crippen LogP contribution in [0.3, 0.4) is 0 Å². The summed E-state index contributed by atoms with van der Waals surface area (Å²) in [6.07, 6.45) is 0.129. The predicted octanol–water partition coefficient (Wildman–Crippen LogP) is 3.65. The van der Waals surface area contributed by atoms with Gasteiger partial charge in [-0.05, 0) is 25.3 Å². The molecule has 0 bridgehead atoms. The Balaban J connectivity index is 3.25. The van der Waals surface area contributed by atoms with E-state index in [9.17, 15) is 20.0 Å². The van der Waals surface area contributed by atoms with Gasteiger partial charge in [0.25, 0.3) is 5.69 Å². The highest BCUT2D eigenvalue weighted by atomic mass is 79.9. The summed E-state index contributed by atoms with van der Waals surface area (Å²) in [4.78, 5) is 22.0. The Hall–Kier alpha value is -1.43. The first-order valence-corrected chi connectivity index (χ1v) is 6.64. The number of nitro benzene ring substituents is 1. The molecule has 0 aliphatic heterocycles. The zero-order valence-corrected chi connectivity index (χ0v) is 12.6. The number of carbonyl (C=O) groups is 1. The molecule has 1 aromatic carbocycles. The lowest BCUT2D eigenvalue weighted by Gasteiger charge is -2.29. The van der Waals surface area contributed by atoms with Gasteiger partial charge in [0, 0.05) is 16.1 Å². The second-order valence-corrected chi connectivity index (χ2v) is 6.00. The molecule has 1 unspecified atom stereocenters. The van der Waals surface area contributed by atoms with Crippen LogP contribution in [0.2, 0.25) is 0 Å². The number of halogens is 1. The zero-order valence-electron chi connectivity index (χ0n) is 11.0. The first kappa shape index (κ1) is 15.6. The van der Waals surface area contributed by atoms with E-state index in [2.05, 4.69) is 15.9 Å². The van der Waals surface area contributed by atoms with Gasteiger partial charge in [-0.15, -0.1) is 0 Å². The molecule has 0 fully saturated rings. The first-order chi connectivity index (χ1) is 8.68. The van der Waals surface area contributed by atoms with Gasteiger partial charge in [-0.25, -0.2) is 0 Å². The smallest absolute Gasteiger partial charge is 0.309 e. The molecule has 104 valence electrons. The Labute approximate surface area is 119 Å². The van der Waals surface area contributed by atoms with E-state index in [1.165, 1.54) is 6.07 Å². The van der Waals surface area contributed by atoms with Crippen molar-refractivity contribution < 1.29 is 14.8 Å². The number of aliphatic carboxylic acids is 1. The van der Waals surface area contributed by atoms with Crippen LogP contribution >= 0.6 is 15.9 Å². The molecule has 0 aliphatic rings. The Morgan fingerprint density at radius 1 is 1.53 bits per heavy atom. The van der Waals surface area contributed by atoms with Crippen molar-refractivity contribution in [2.75, 3.05) is 0 Å². The SMILES string of the molecule is CC(C)C(C)(Cc1ccc(Br)cc1[N+](=O)[O-])C(=O)O. The minimum Gasteiger partial charge on any atom is -0.481 e. The number of nitrogens with zero attached hydrogens (tertiary/aromatic N) is 1. The lowest BCUT2D eigenvalue weighted by molar-refractivity contribution is -0.385. The van der Waals surface area contributed by atoms with Gasteiger partial charge >= 0.3 is 5.97 Å². The van der Waals surface area contributed by atoms with Gasteiger partial charge < -0.3 is 5.11 Å². The third-order valence-corrected chi connectivity index (χ3v) is 4.06. The van der Waals surface area contributed by atoms with Gasteiger partial charge in [0.1, 0.15) is 0 Å². The summed E-state index contributed by atoms with van der Waals surface area (Å²) >= 11 is 3.18. The van der Waals surface area contributed by atoms with Crippen LogP contribution in [-0.4, -0.2) is 16.0 Å².